The largest absolute Gasteiger partial charge is 0.489 e. The molecule has 1 aromatic rings. The summed E-state index contributed by atoms with van der Waals surface area (Å²) in [6.07, 6.45) is 2.07. The molecule has 1 aliphatic rings. The van der Waals surface area contributed by atoms with Gasteiger partial charge in [0, 0.05) is 5.92 Å². The normalized spacial score (nSPS) is 14.4. The molecule has 1 saturated carbocycles. The van der Waals surface area contributed by atoms with E-state index >= 15 is 0 Å². The number of benzene rings is 1. The van der Waals surface area contributed by atoms with E-state index in [-0.39, 0.29) is 19.1 Å². The summed E-state index contributed by atoms with van der Waals surface area (Å²) < 4.78 is 5.44. The molecule has 0 radical (unpaired) electrons. The van der Waals surface area contributed by atoms with Crippen LogP contribution in [0.2, 0.25) is 0 Å². The van der Waals surface area contributed by atoms with Crippen LogP contribution in [0.15, 0.2) is 18.2 Å². The first-order valence-corrected chi connectivity index (χ1v) is 6.11. The van der Waals surface area contributed by atoms with E-state index in [0.717, 1.165) is 18.4 Å². The Morgan fingerprint density at radius 2 is 2.28 bits per heavy atom. The number of ether oxygens (including phenoxy) is 1. The molecule has 0 spiro atoms. The van der Waals surface area contributed by atoms with Gasteiger partial charge in [-0.3, -0.25) is 10.4 Å². The Morgan fingerprint density at radius 3 is 2.89 bits per heavy atom. The van der Waals surface area contributed by atoms with Crippen LogP contribution in [0.4, 0.5) is 5.69 Å². The van der Waals surface area contributed by atoms with E-state index in [2.05, 4.69) is 0 Å². The van der Waals surface area contributed by atoms with Crippen molar-refractivity contribution in [2.75, 3.05) is 18.2 Å². The van der Waals surface area contributed by atoms with Crippen molar-refractivity contribution in [3.63, 3.8) is 0 Å². The van der Waals surface area contributed by atoms with Crippen LogP contribution in [0.3, 0.4) is 0 Å². The van der Waals surface area contributed by atoms with Crippen LogP contribution in [-0.4, -0.2) is 24.2 Å². The van der Waals surface area contributed by atoms with E-state index < -0.39 is 0 Å². The number of hydrazine groups is 1. The third kappa shape index (κ3) is 2.80. The first-order chi connectivity index (χ1) is 8.63. The lowest BCUT2D eigenvalue weighted by atomic mass is 10.2. The molecule has 1 aliphatic carbocycles. The molecule has 1 fully saturated rings. The number of aliphatic hydroxyl groups is 1. The first kappa shape index (κ1) is 12.9. The van der Waals surface area contributed by atoms with Crippen LogP contribution in [0.1, 0.15) is 18.4 Å². The van der Waals surface area contributed by atoms with Gasteiger partial charge in [-0.1, -0.05) is 6.07 Å². The maximum absolute atomic E-state index is 8.81. The van der Waals surface area contributed by atoms with Crippen molar-refractivity contribution in [2.24, 2.45) is 11.8 Å². The van der Waals surface area contributed by atoms with E-state index in [1.165, 1.54) is 5.01 Å². The zero-order valence-electron chi connectivity index (χ0n) is 10.5. The van der Waals surface area contributed by atoms with Crippen molar-refractivity contribution in [1.29, 1.82) is 5.41 Å². The van der Waals surface area contributed by atoms with Crippen LogP contribution in [-0.2, 0) is 0 Å². The fourth-order valence-corrected chi connectivity index (χ4v) is 1.78. The van der Waals surface area contributed by atoms with Crippen molar-refractivity contribution in [3.8, 4) is 5.75 Å². The zero-order chi connectivity index (χ0) is 13.1. The highest BCUT2D eigenvalue weighted by Crippen LogP contribution is 2.35. The standard InChI is InChI=1S/C13H19N3O2/c1-9-2-5-12(18-7-6-17)11(8-9)16(15)13(14)10-3-4-10/h2,5,8,10,14,17H,3-4,6-7,15H2,1H3. The third-order valence-corrected chi connectivity index (χ3v) is 2.95. The van der Waals surface area contributed by atoms with Crippen molar-refractivity contribution >= 4 is 11.5 Å². The molecule has 0 heterocycles. The quantitative estimate of drug-likeness (QED) is 0.319. The summed E-state index contributed by atoms with van der Waals surface area (Å²) >= 11 is 0. The summed E-state index contributed by atoms with van der Waals surface area (Å²) in [6.45, 7) is 2.15. The Kier molecular flexibility index (Phi) is 3.84. The summed E-state index contributed by atoms with van der Waals surface area (Å²) in [4.78, 5) is 0. The molecule has 4 N–H and O–H groups in total. The number of nitrogens with two attached hydrogens (primary N) is 1. The van der Waals surface area contributed by atoms with Gasteiger partial charge in [-0.05, 0) is 37.5 Å². The van der Waals surface area contributed by atoms with Gasteiger partial charge in [-0.15, -0.1) is 0 Å². The molecule has 18 heavy (non-hydrogen) atoms. The predicted molar refractivity (Wildman–Crippen MR) is 70.9 cm³/mol. The van der Waals surface area contributed by atoms with Crippen LogP contribution in [0, 0.1) is 18.3 Å². The first-order valence-electron chi connectivity index (χ1n) is 6.11. The maximum Gasteiger partial charge on any atom is 0.144 e. The fourth-order valence-electron chi connectivity index (χ4n) is 1.78. The summed E-state index contributed by atoms with van der Waals surface area (Å²) in [5.74, 6) is 7.29. The van der Waals surface area contributed by atoms with Crippen molar-refractivity contribution in [1.82, 2.24) is 0 Å². The number of rotatable bonds is 5. The molecule has 5 nitrogen and oxygen atoms in total. The highest BCUT2D eigenvalue weighted by molar-refractivity contribution is 5.98. The van der Waals surface area contributed by atoms with Gasteiger partial charge in [0.25, 0.3) is 0 Å². The van der Waals surface area contributed by atoms with Gasteiger partial charge in [0.05, 0.1) is 6.61 Å². The van der Waals surface area contributed by atoms with E-state index in [1.807, 2.05) is 25.1 Å². The minimum Gasteiger partial charge on any atom is -0.489 e. The summed E-state index contributed by atoms with van der Waals surface area (Å²) in [6, 6.07) is 5.63. The molecule has 0 aromatic heterocycles. The number of aryl methyl sites for hydroxylation is 1. The second kappa shape index (κ2) is 5.37. The Bertz CT molecular complexity index is 444. The summed E-state index contributed by atoms with van der Waals surface area (Å²) in [5.41, 5.74) is 1.74. The minimum atomic E-state index is -0.0437. The zero-order valence-corrected chi connectivity index (χ0v) is 10.5. The second-order valence-corrected chi connectivity index (χ2v) is 4.57. The smallest absolute Gasteiger partial charge is 0.144 e. The van der Waals surface area contributed by atoms with E-state index in [0.29, 0.717) is 17.3 Å². The molecule has 2 rings (SSSR count). The number of anilines is 1. The molecule has 0 atom stereocenters. The summed E-state index contributed by atoms with van der Waals surface area (Å²) in [5, 5.41) is 18.2. The Balaban J connectivity index is 2.22. The van der Waals surface area contributed by atoms with Crippen LogP contribution >= 0.6 is 0 Å². The van der Waals surface area contributed by atoms with E-state index in [4.69, 9.17) is 21.1 Å². The molecule has 0 bridgehead atoms. The number of hydrogen-bond acceptors (Lipinski definition) is 4. The summed E-state index contributed by atoms with van der Waals surface area (Å²) in [7, 11) is 0. The van der Waals surface area contributed by atoms with Crippen LogP contribution in [0.5, 0.6) is 5.75 Å². The average molecular weight is 249 g/mol. The van der Waals surface area contributed by atoms with Gasteiger partial charge in [0.1, 0.15) is 23.9 Å². The molecule has 0 unspecified atom stereocenters. The Hall–Kier alpha value is -1.59. The van der Waals surface area contributed by atoms with Crippen LogP contribution < -0.4 is 15.6 Å². The number of hydrogen-bond donors (Lipinski definition) is 3. The minimum absolute atomic E-state index is 0.0437. The fraction of sp³-hybridized carbons (Fsp3) is 0.462. The van der Waals surface area contributed by atoms with Gasteiger partial charge < -0.3 is 9.84 Å². The number of aliphatic hydroxyl groups excluding tert-OH is 1. The molecular formula is C13H19N3O2. The van der Waals surface area contributed by atoms with E-state index in [1.54, 1.807) is 0 Å². The predicted octanol–water partition coefficient (Wildman–Crippen LogP) is 1.43. The van der Waals surface area contributed by atoms with Crippen molar-refractivity contribution in [2.45, 2.75) is 19.8 Å². The van der Waals surface area contributed by atoms with E-state index in [9.17, 15) is 0 Å². The maximum atomic E-state index is 8.81. The topological polar surface area (TPSA) is 82.6 Å². The lowest BCUT2D eigenvalue weighted by Gasteiger charge is -2.22. The molecule has 98 valence electrons. The van der Waals surface area contributed by atoms with Gasteiger partial charge in [-0.2, -0.15) is 0 Å². The molecule has 1 aromatic carbocycles. The highest BCUT2D eigenvalue weighted by Gasteiger charge is 2.30. The molecule has 0 aliphatic heterocycles. The van der Waals surface area contributed by atoms with Crippen LogP contribution in [0.25, 0.3) is 0 Å². The van der Waals surface area contributed by atoms with Gasteiger partial charge in [0.2, 0.25) is 0 Å². The molecule has 5 heteroatoms. The SMILES string of the molecule is Cc1ccc(OCCO)c(N(N)C(=N)C2CC2)c1. The average Bonchev–Trinajstić information content (AvgIpc) is 3.19. The molecular weight excluding hydrogens is 230 g/mol. The monoisotopic (exact) mass is 249 g/mol. The van der Waals surface area contributed by atoms with Gasteiger partial charge >= 0.3 is 0 Å². The van der Waals surface area contributed by atoms with Gasteiger partial charge in [0.15, 0.2) is 0 Å². The lowest BCUT2D eigenvalue weighted by Crippen LogP contribution is -2.38. The van der Waals surface area contributed by atoms with Crippen molar-refractivity contribution < 1.29 is 9.84 Å². The Labute approximate surface area is 107 Å². The second-order valence-electron chi connectivity index (χ2n) is 4.57. The lowest BCUT2D eigenvalue weighted by molar-refractivity contribution is 0.202. The van der Waals surface area contributed by atoms with Gasteiger partial charge in [-0.25, -0.2) is 5.84 Å². The number of amidine groups is 1. The Morgan fingerprint density at radius 1 is 1.56 bits per heavy atom. The third-order valence-electron chi connectivity index (χ3n) is 2.95. The molecule has 0 amide bonds. The number of nitrogens with zero attached hydrogens (tertiary/aromatic N) is 1. The van der Waals surface area contributed by atoms with Crippen molar-refractivity contribution in [3.05, 3.63) is 23.8 Å². The number of nitrogens with one attached hydrogen (secondary N) is 1. The highest BCUT2D eigenvalue weighted by atomic mass is 16.5. The molecule has 0 saturated heterocycles.